The van der Waals surface area contributed by atoms with Gasteiger partial charge in [-0.25, -0.2) is 0 Å². The van der Waals surface area contributed by atoms with Crippen molar-refractivity contribution in [2.45, 2.75) is 33.9 Å². The Morgan fingerprint density at radius 1 is 1.00 bits per heavy atom. The van der Waals surface area contributed by atoms with Crippen molar-refractivity contribution < 1.29 is 14.0 Å². The Labute approximate surface area is 155 Å². The lowest BCUT2D eigenvalue weighted by atomic mass is 9.89. The minimum atomic E-state index is -3.69. The van der Waals surface area contributed by atoms with Gasteiger partial charge in [0.05, 0.1) is 12.8 Å². The molecular weight excluding hydrogens is 343 g/mol. The molecule has 0 heterocycles. The van der Waals surface area contributed by atoms with Crippen molar-refractivity contribution in [3.63, 3.8) is 0 Å². The van der Waals surface area contributed by atoms with Crippen LogP contribution in [0.2, 0.25) is 0 Å². The van der Waals surface area contributed by atoms with E-state index in [0.29, 0.717) is 0 Å². The van der Waals surface area contributed by atoms with Crippen LogP contribution in [0.5, 0.6) is 0 Å². The zero-order chi connectivity index (χ0) is 18.9. The van der Waals surface area contributed by atoms with Gasteiger partial charge in [0.15, 0.2) is 0 Å². The lowest BCUT2D eigenvalue weighted by Gasteiger charge is -2.20. The highest BCUT2D eigenvalue weighted by Crippen LogP contribution is 2.49. The van der Waals surface area contributed by atoms with Crippen LogP contribution in [0.1, 0.15) is 29.2 Å². The molecule has 1 unspecified atom stereocenters. The van der Waals surface area contributed by atoms with E-state index in [1.165, 1.54) is 11.1 Å². The quantitative estimate of drug-likeness (QED) is 0.549. The van der Waals surface area contributed by atoms with Gasteiger partial charge in [0.1, 0.15) is 0 Å². The number of hydrogen-bond acceptors (Lipinski definition) is 2. The molecule has 0 spiro atoms. The first-order valence-electron chi connectivity index (χ1n) is 8.87. The molecule has 0 aliphatic heterocycles. The topological polar surface area (TPSA) is 46.5 Å². The van der Waals surface area contributed by atoms with Gasteiger partial charge in [0.25, 0.3) is 0 Å². The van der Waals surface area contributed by atoms with E-state index in [0.717, 1.165) is 33.0 Å². The standard InChI is InChI=1S/C22H25O3P/c1-5-25-26(23,24)14-21-17(4)13-18-8-6-7-9-20(18)22(21)19-11-15(2)10-16(3)12-19/h6-13H,5,14H2,1-4H3,(H,23,24). The number of fused-ring (bicyclic) bond motifs is 1. The van der Waals surface area contributed by atoms with E-state index in [-0.39, 0.29) is 12.8 Å². The minimum Gasteiger partial charge on any atom is -0.324 e. The van der Waals surface area contributed by atoms with Crippen LogP contribution in [0.15, 0.2) is 48.5 Å². The van der Waals surface area contributed by atoms with Crippen molar-refractivity contribution in [2.24, 2.45) is 0 Å². The summed E-state index contributed by atoms with van der Waals surface area (Å²) in [6.45, 7) is 8.11. The summed E-state index contributed by atoms with van der Waals surface area (Å²) < 4.78 is 17.7. The van der Waals surface area contributed by atoms with E-state index in [1.807, 2.05) is 19.1 Å². The summed E-state index contributed by atoms with van der Waals surface area (Å²) in [6.07, 6.45) is 0.0137. The molecule has 3 aromatic carbocycles. The van der Waals surface area contributed by atoms with Gasteiger partial charge in [-0.3, -0.25) is 4.57 Å². The van der Waals surface area contributed by atoms with Gasteiger partial charge in [-0.2, -0.15) is 0 Å². The lowest BCUT2D eigenvalue weighted by Crippen LogP contribution is -2.00. The van der Waals surface area contributed by atoms with Gasteiger partial charge in [-0.15, -0.1) is 0 Å². The van der Waals surface area contributed by atoms with E-state index >= 15 is 0 Å². The van der Waals surface area contributed by atoms with E-state index in [2.05, 4.69) is 50.2 Å². The van der Waals surface area contributed by atoms with Crippen LogP contribution in [-0.2, 0) is 15.3 Å². The van der Waals surface area contributed by atoms with Gasteiger partial charge >= 0.3 is 7.60 Å². The number of rotatable bonds is 5. The fourth-order valence-electron chi connectivity index (χ4n) is 3.63. The maximum Gasteiger partial charge on any atom is 0.332 e. The zero-order valence-electron chi connectivity index (χ0n) is 15.7. The zero-order valence-corrected chi connectivity index (χ0v) is 16.6. The first kappa shape index (κ1) is 18.8. The molecule has 1 N–H and O–H groups in total. The summed E-state index contributed by atoms with van der Waals surface area (Å²) in [5, 5.41) is 2.22. The van der Waals surface area contributed by atoms with Crippen molar-refractivity contribution in [3.8, 4) is 11.1 Å². The molecule has 0 radical (unpaired) electrons. The summed E-state index contributed by atoms with van der Waals surface area (Å²) in [6, 6.07) is 16.7. The summed E-state index contributed by atoms with van der Waals surface area (Å²) >= 11 is 0. The number of benzene rings is 3. The fourth-order valence-corrected chi connectivity index (χ4v) is 4.93. The Bertz CT molecular complexity index is 987. The molecule has 0 amide bonds. The van der Waals surface area contributed by atoms with Crippen LogP contribution in [0.3, 0.4) is 0 Å². The van der Waals surface area contributed by atoms with Gasteiger partial charge in [-0.05, 0) is 60.7 Å². The third-order valence-corrected chi connectivity index (χ3v) is 5.96. The number of aryl methyl sites for hydroxylation is 3. The second-order valence-electron chi connectivity index (χ2n) is 6.86. The molecule has 3 nitrogen and oxygen atoms in total. The van der Waals surface area contributed by atoms with Crippen molar-refractivity contribution in [3.05, 3.63) is 70.8 Å². The predicted octanol–water partition coefficient (Wildman–Crippen LogP) is 6.15. The van der Waals surface area contributed by atoms with Crippen LogP contribution in [0.25, 0.3) is 21.9 Å². The van der Waals surface area contributed by atoms with Crippen LogP contribution in [-0.4, -0.2) is 11.5 Å². The first-order valence-corrected chi connectivity index (χ1v) is 10.6. The maximum absolute atomic E-state index is 12.5. The molecule has 1 atom stereocenters. The summed E-state index contributed by atoms with van der Waals surface area (Å²) in [7, 11) is -3.69. The smallest absolute Gasteiger partial charge is 0.324 e. The van der Waals surface area contributed by atoms with Crippen molar-refractivity contribution in [1.82, 2.24) is 0 Å². The SMILES string of the molecule is CCOP(=O)(O)Cc1c(C)cc2ccccc2c1-c1cc(C)cc(C)c1. The number of hydrogen-bond donors (Lipinski definition) is 1. The highest BCUT2D eigenvalue weighted by atomic mass is 31.2. The van der Waals surface area contributed by atoms with Gasteiger partial charge < -0.3 is 9.42 Å². The highest BCUT2D eigenvalue weighted by Gasteiger charge is 2.24. The highest BCUT2D eigenvalue weighted by molar-refractivity contribution is 7.52. The van der Waals surface area contributed by atoms with Crippen LogP contribution in [0.4, 0.5) is 0 Å². The molecule has 3 aromatic rings. The molecule has 0 bridgehead atoms. The van der Waals surface area contributed by atoms with Crippen molar-refractivity contribution in [1.29, 1.82) is 0 Å². The van der Waals surface area contributed by atoms with Gasteiger partial charge in [-0.1, -0.05) is 59.7 Å². The summed E-state index contributed by atoms with van der Waals surface area (Å²) in [4.78, 5) is 10.3. The van der Waals surface area contributed by atoms with Crippen molar-refractivity contribution >= 4 is 18.4 Å². The molecule has 0 aliphatic carbocycles. The molecule has 0 aromatic heterocycles. The maximum atomic E-state index is 12.5. The minimum absolute atomic E-state index is 0.0137. The second-order valence-corrected chi connectivity index (χ2v) is 8.71. The van der Waals surface area contributed by atoms with E-state index in [1.54, 1.807) is 6.92 Å². The molecular formula is C22H25O3P. The van der Waals surface area contributed by atoms with E-state index < -0.39 is 7.60 Å². The van der Waals surface area contributed by atoms with E-state index in [9.17, 15) is 9.46 Å². The third kappa shape index (κ3) is 3.91. The lowest BCUT2D eigenvalue weighted by molar-refractivity contribution is 0.272. The predicted molar refractivity (Wildman–Crippen MR) is 109 cm³/mol. The Kier molecular flexibility index (Phi) is 5.34. The molecule has 4 heteroatoms. The molecule has 3 rings (SSSR count). The third-order valence-electron chi connectivity index (χ3n) is 4.58. The van der Waals surface area contributed by atoms with Crippen molar-refractivity contribution in [2.75, 3.05) is 6.61 Å². The molecule has 0 fully saturated rings. The van der Waals surface area contributed by atoms with Crippen LogP contribution in [0, 0.1) is 20.8 Å². The molecule has 26 heavy (non-hydrogen) atoms. The molecule has 0 saturated heterocycles. The average Bonchev–Trinajstić information content (AvgIpc) is 2.54. The van der Waals surface area contributed by atoms with Crippen LogP contribution >= 0.6 is 7.60 Å². The monoisotopic (exact) mass is 368 g/mol. The molecule has 0 saturated carbocycles. The second kappa shape index (κ2) is 7.36. The van der Waals surface area contributed by atoms with Gasteiger partial charge in [0, 0.05) is 0 Å². The molecule has 0 aliphatic rings. The largest absolute Gasteiger partial charge is 0.332 e. The summed E-state index contributed by atoms with van der Waals surface area (Å²) in [5.41, 5.74) is 6.34. The first-order chi connectivity index (χ1) is 12.3. The average molecular weight is 368 g/mol. The normalized spacial score (nSPS) is 13.7. The molecule has 136 valence electrons. The Morgan fingerprint density at radius 2 is 1.65 bits per heavy atom. The Hall–Kier alpha value is -1.93. The Morgan fingerprint density at radius 3 is 2.31 bits per heavy atom. The van der Waals surface area contributed by atoms with E-state index in [4.69, 9.17) is 4.52 Å². The Balaban J connectivity index is 2.33. The van der Waals surface area contributed by atoms with Gasteiger partial charge in [0.2, 0.25) is 0 Å². The fraction of sp³-hybridized carbons (Fsp3) is 0.273. The summed E-state index contributed by atoms with van der Waals surface area (Å²) in [5.74, 6) is 0. The van der Waals surface area contributed by atoms with Crippen LogP contribution < -0.4 is 0 Å².